The Hall–Kier alpha value is -1.31. The van der Waals surface area contributed by atoms with E-state index >= 15 is 0 Å². The number of ether oxygens (including phenoxy) is 1. The monoisotopic (exact) mass is 341 g/mol. The minimum atomic E-state index is 0.621. The van der Waals surface area contributed by atoms with Crippen LogP contribution in [0.15, 0.2) is 23.4 Å². The molecule has 2 aromatic rings. The first-order valence-electron chi connectivity index (χ1n) is 7.17. The van der Waals surface area contributed by atoms with E-state index in [1.807, 2.05) is 32.2 Å². The van der Waals surface area contributed by atoms with Gasteiger partial charge in [-0.1, -0.05) is 29.4 Å². The molecule has 0 radical (unpaired) electrons. The Morgan fingerprint density at radius 1 is 1.41 bits per heavy atom. The van der Waals surface area contributed by atoms with Gasteiger partial charge in [0, 0.05) is 19.3 Å². The van der Waals surface area contributed by atoms with Crippen LogP contribution in [0, 0.1) is 0 Å². The molecule has 0 saturated carbocycles. The smallest absolute Gasteiger partial charge is 0.209 e. The number of rotatable bonds is 9. The van der Waals surface area contributed by atoms with Crippen molar-refractivity contribution in [2.45, 2.75) is 25.0 Å². The topological polar surface area (TPSA) is 64.9 Å². The highest BCUT2D eigenvalue weighted by Crippen LogP contribution is 2.25. The Bertz CT molecular complexity index is 592. The van der Waals surface area contributed by atoms with Crippen LogP contribution in [0.1, 0.15) is 18.9 Å². The van der Waals surface area contributed by atoms with E-state index in [1.54, 1.807) is 16.4 Å². The van der Waals surface area contributed by atoms with Crippen LogP contribution in [-0.4, -0.2) is 39.1 Å². The first-order valence-corrected chi connectivity index (χ1v) is 8.54. The van der Waals surface area contributed by atoms with Crippen LogP contribution in [0.5, 0.6) is 5.75 Å². The number of nitrogens with one attached hydrogen (secondary N) is 1. The molecule has 0 bridgehead atoms. The molecule has 22 heavy (non-hydrogen) atoms. The van der Waals surface area contributed by atoms with E-state index in [4.69, 9.17) is 16.3 Å². The van der Waals surface area contributed by atoms with Gasteiger partial charge in [0.2, 0.25) is 5.16 Å². The molecule has 1 aromatic carbocycles. The first-order chi connectivity index (χ1) is 10.7. The summed E-state index contributed by atoms with van der Waals surface area (Å²) in [7, 11) is 1.84. The molecule has 0 fully saturated rings. The van der Waals surface area contributed by atoms with Gasteiger partial charge in [-0.3, -0.25) is 0 Å². The van der Waals surface area contributed by atoms with Gasteiger partial charge in [-0.15, -0.1) is 5.10 Å². The van der Waals surface area contributed by atoms with Gasteiger partial charge in [0.25, 0.3) is 0 Å². The summed E-state index contributed by atoms with van der Waals surface area (Å²) in [6, 6.07) is 5.89. The molecule has 6 nitrogen and oxygen atoms in total. The van der Waals surface area contributed by atoms with Gasteiger partial charge in [0.05, 0.1) is 11.6 Å². The van der Waals surface area contributed by atoms with Gasteiger partial charge in [0.15, 0.2) is 0 Å². The summed E-state index contributed by atoms with van der Waals surface area (Å²) >= 11 is 7.82. The van der Waals surface area contributed by atoms with Crippen molar-refractivity contribution in [1.29, 1.82) is 0 Å². The third-order valence-electron chi connectivity index (χ3n) is 2.94. The summed E-state index contributed by atoms with van der Waals surface area (Å²) in [6.07, 6.45) is 1.04. The van der Waals surface area contributed by atoms with Crippen molar-refractivity contribution in [1.82, 2.24) is 25.5 Å². The van der Waals surface area contributed by atoms with Crippen LogP contribution in [-0.2, 0) is 13.6 Å². The lowest BCUT2D eigenvalue weighted by Gasteiger charge is -2.08. The zero-order valence-electron chi connectivity index (χ0n) is 12.8. The number of benzene rings is 1. The van der Waals surface area contributed by atoms with Crippen LogP contribution in [0.3, 0.4) is 0 Å². The van der Waals surface area contributed by atoms with Crippen LogP contribution >= 0.6 is 23.4 Å². The average molecular weight is 342 g/mol. The Balaban J connectivity index is 1.64. The molecule has 1 heterocycles. The molecule has 0 atom stereocenters. The summed E-state index contributed by atoms with van der Waals surface area (Å²) in [5, 5.41) is 16.2. The molecule has 0 amide bonds. The maximum absolute atomic E-state index is 6.17. The fraction of sp³-hybridized carbons (Fsp3) is 0.500. The van der Waals surface area contributed by atoms with Gasteiger partial charge in [0.1, 0.15) is 5.75 Å². The lowest BCUT2D eigenvalue weighted by atomic mass is 10.2. The number of hydrogen-bond acceptors (Lipinski definition) is 6. The second-order valence-electron chi connectivity index (χ2n) is 4.66. The van der Waals surface area contributed by atoms with Gasteiger partial charge < -0.3 is 10.1 Å². The quantitative estimate of drug-likeness (QED) is 0.558. The molecule has 0 aliphatic rings. The third-order valence-corrected chi connectivity index (χ3v) is 4.33. The number of hydrogen-bond donors (Lipinski definition) is 1. The highest BCUT2D eigenvalue weighted by molar-refractivity contribution is 7.99. The molecule has 120 valence electrons. The van der Waals surface area contributed by atoms with Crippen LogP contribution in [0.25, 0.3) is 0 Å². The molecule has 0 unspecified atom stereocenters. The van der Waals surface area contributed by atoms with Crippen molar-refractivity contribution in [3.05, 3.63) is 28.8 Å². The Kier molecular flexibility index (Phi) is 6.95. The zero-order chi connectivity index (χ0) is 15.8. The molecular weight excluding hydrogens is 322 g/mol. The molecule has 1 aromatic heterocycles. The zero-order valence-corrected chi connectivity index (χ0v) is 14.3. The van der Waals surface area contributed by atoms with Gasteiger partial charge >= 0.3 is 0 Å². The van der Waals surface area contributed by atoms with Crippen molar-refractivity contribution in [2.24, 2.45) is 7.05 Å². The minimum absolute atomic E-state index is 0.621. The maximum Gasteiger partial charge on any atom is 0.209 e. The third kappa shape index (κ3) is 5.15. The van der Waals surface area contributed by atoms with Gasteiger partial charge in [-0.05, 0) is 48.0 Å². The number of nitrogens with zero attached hydrogens (tertiary/aromatic N) is 4. The van der Waals surface area contributed by atoms with E-state index < -0.39 is 0 Å². The van der Waals surface area contributed by atoms with E-state index in [2.05, 4.69) is 20.8 Å². The fourth-order valence-electron chi connectivity index (χ4n) is 1.86. The molecular formula is C14H20ClN5OS. The standard InChI is InChI=1S/C14H20ClN5OS/c1-3-21-13-6-5-11(9-12(13)15)10-16-7-4-8-22-14-17-18-19-20(14)2/h5-6,9,16H,3-4,7-8,10H2,1-2H3. The predicted molar refractivity (Wildman–Crippen MR) is 88.5 cm³/mol. The van der Waals surface area contributed by atoms with Crippen molar-refractivity contribution in [2.75, 3.05) is 18.9 Å². The van der Waals surface area contributed by atoms with E-state index in [-0.39, 0.29) is 0 Å². The largest absolute Gasteiger partial charge is 0.492 e. The number of aromatic nitrogens is 4. The summed E-state index contributed by atoms with van der Waals surface area (Å²) in [6.45, 7) is 4.29. The maximum atomic E-state index is 6.17. The molecule has 2 rings (SSSR count). The Labute approximate surface area is 139 Å². The predicted octanol–water partition coefficient (Wildman–Crippen LogP) is 2.53. The SMILES string of the molecule is CCOc1ccc(CNCCCSc2nnnn2C)cc1Cl. The van der Waals surface area contributed by atoms with Gasteiger partial charge in [-0.25, -0.2) is 4.68 Å². The summed E-state index contributed by atoms with van der Waals surface area (Å²) in [4.78, 5) is 0. The van der Waals surface area contributed by atoms with Crippen molar-refractivity contribution >= 4 is 23.4 Å². The van der Waals surface area contributed by atoms with Gasteiger partial charge in [-0.2, -0.15) is 0 Å². The van der Waals surface area contributed by atoms with E-state index in [9.17, 15) is 0 Å². The van der Waals surface area contributed by atoms with Crippen LogP contribution < -0.4 is 10.1 Å². The normalized spacial score (nSPS) is 10.9. The molecule has 0 saturated heterocycles. The highest BCUT2D eigenvalue weighted by Gasteiger charge is 2.03. The minimum Gasteiger partial charge on any atom is -0.492 e. The number of halogens is 1. The Morgan fingerprint density at radius 2 is 2.27 bits per heavy atom. The van der Waals surface area contributed by atoms with Crippen molar-refractivity contribution in [3.8, 4) is 5.75 Å². The van der Waals surface area contributed by atoms with Crippen molar-refractivity contribution < 1.29 is 4.74 Å². The first kappa shape index (κ1) is 17.1. The number of thioether (sulfide) groups is 1. The van der Waals surface area contributed by atoms with E-state index in [0.29, 0.717) is 11.6 Å². The Morgan fingerprint density at radius 3 is 2.95 bits per heavy atom. The van der Waals surface area contributed by atoms with Crippen LogP contribution in [0.4, 0.5) is 0 Å². The van der Waals surface area contributed by atoms with E-state index in [0.717, 1.165) is 41.7 Å². The number of aryl methyl sites for hydroxylation is 1. The molecule has 8 heteroatoms. The highest BCUT2D eigenvalue weighted by atomic mass is 35.5. The fourth-order valence-corrected chi connectivity index (χ4v) is 2.91. The lowest BCUT2D eigenvalue weighted by molar-refractivity contribution is 0.340. The second kappa shape index (κ2) is 8.97. The van der Waals surface area contributed by atoms with Crippen LogP contribution in [0.2, 0.25) is 5.02 Å². The lowest BCUT2D eigenvalue weighted by Crippen LogP contribution is -2.15. The number of tetrazole rings is 1. The van der Waals surface area contributed by atoms with Crippen molar-refractivity contribution in [3.63, 3.8) is 0 Å². The average Bonchev–Trinajstić information content (AvgIpc) is 2.91. The summed E-state index contributed by atoms with van der Waals surface area (Å²) in [5.41, 5.74) is 1.15. The molecule has 0 aliphatic carbocycles. The van der Waals surface area contributed by atoms with E-state index in [1.165, 1.54) is 0 Å². The summed E-state index contributed by atoms with van der Waals surface area (Å²) < 4.78 is 7.10. The molecule has 1 N–H and O–H groups in total. The second-order valence-corrected chi connectivity index (χ2v) is 6.13. The molecule has 0 spiro atoms. The molecule has 0 aliphatic heterocycles. The summed E-state index contributed by atoms with van der Waals surface area (Å²) in [5.74, 6) is 1.72.